The minimum atomic E-state index is -3.26. The third kappa shape index (κ3) is 7.02. The third-order valence-electron chi connectivity index (χ3n) is 9.55. The summed E-state index contributed by atoms with van der Waals surface area (Å²) in [5.74, 6) is 3.36. The maximum Gasteiger partial charge on any atom is 0.204 e. The molecule has 238 valence electrons. The molecule has 0 spiro atoms. The zero-order valence-corrected chi connectivity index (χ0v) is 27.7. The summed E-state index contributed by atoms with van der Waals surface area (Å²) in [6.45, 7) is 6.68. The van der Waals surface area contributed by atoms with Crippen LogP contribution >= 0.6 is 11.8 Å². The first-order chi connectivity index (χ1) is 21.3. The molecule has 6 rings (SSSR count). The van der Waals surface area contributed by atoms with Crippen molar-refractivity contribution < 1.29 is 13.2 Å². The fraction of sp³-hybridized carbons (Fsp3) is 0.594. The maximum atomic E-state index is 12.3. The van der Waals surface area contributed by atoms with Gasteiger partial charge in [-0.15, -0.1) is 0 Å². The third-order valence-corrected chi connectivity index (χ3v) is 12.2. The van der Waals surface area contributed by atoms with Crippen LogP contribution in [0.4, 0.5) is 17.5 Å². The summed E-state index contributed by atoms with van der Waals surface area (Å²) in [6, 6.07) is 10.5. The highest BCUT2D eigenvalue weighted by molar-refractivity contribution is 7.99. The van der Waals surface area contributed by atoms with Gasteiger partial charge in [0.05, 0.1) is 17.8 Å². The molecule has 3 saturated heterocycles. The number of H-pyrrole nitrogens is 1. The summed E-state index contributed by atoms with van der Waals surface area (Å²) in [6.07, 6.45) is 11.9. The number of hydrogen-bond donors (Lipinski definition) is 2. The normalized spacial score (nSPS) is 21.4. The van der Waals surface area contributed by atoms with Gasteiger partial charge >= 0.3 is 0 Å². The van der Waals surface area contributed by atoms with Crippen LogP contribution in [0, 0.1) is 12.8 Å². The molecule has 5 heterocycles. The Hall–Kier alpha value is -2.83. The van der Waals surface area contributed by atoms with Crippen LogP contribution in [0.15, 0.2) is 45.3 Å². The fourth-order valence-electron chi connectivity index (χ4n) is 7.10. The number of aryl methyl sites for hydroxylation is 1. The van der Waals surface area contributed by atoms with Gasteiger partial charge in [0, 0.05) is 41.8 Å². The van der Waals surface area contributed by atoms with Gasteiger partial charge in [0.1, 0.15) is 0 Å². The number of nitrogens with one attached hydrogen (secondary N) is 2. The highest BCUT2D eigenvalue weighted by atomic mass is 32.2. The topological polar surface area (TPSA) is 116 Å². The second-order valence-corrected chi connectivity index (χ2v) is 15.7. The van der Waals surface area contributed by atoms with Crippen LogP contribution in [0.3, 0.4) is 0 Å². The summed E-state index contributed by atoms with van der Waals surface area (Å²) >= 11 is 1.40. The lowest BCUT2D eigenvalue weighted by molar-refractivity contribution is 0.0346. The number of methoxy groups -OCH3 is 1. The Labute approximate surface area is 265 Å². The van der Waals surface area contributed by atoms with Crippen molar-refractivity contribution in [1.82, 2.24) is 25.1 Å². The molecule has 0 saturated carbocycles. The van der Waals surface area contributed by atoms with Crippen LogP contribution in [0.1, 0.15) is 70.4 Å². The summed E-state index contributed by atoms with van der Waals surface area (Å²) in [5, 5.41) is 11.2. The molecule has 3 aromatic rings. The molecule has 3 aliphatic heterocycles. The SMILES string of the molecule is CCS(=O)(=O)c1ccc(Sc2nc(Nc3cc(C)[nH]n3)c(OC)c(N3CCC(CCN4C5CCCC4CCC5)CC3)n2)cc1. The minimum Gasteiger partial charge on any atom is -0.490 e. The first-order valence-electron chi connectivity index (χ1n) is 16.1. The molecule has 3 fully saturated rings. The van der Waals surface area contributed by atoms with Crippen LogP contribution in [0.2, 0.25) is 0 Å². The number of aromatic nitrogens is 4. The lowest BCUT2D eigenvalue weighted by Crippen LogP contribution is -2.50. The Morgan fingerprint density at radius 1 is 1.02 bits per heavy atom. The molecule has 12 heteroatoms. The van der Waals surface area contributed by atoms with Gasteiger partial charge in [0.15, 0.2) is 32.4 Å². The Bertz CT molecular complexity index is 1500. The van der Waals surface area contributed by atoms with Crippen molar-refractivity contribution >= 4 is 39.1 Å². The van der Waals surface area contributed by atoms with Gasteiger partial charge in [0.2, 0.25) is 5.75 Å². The van der Waals surface area contributed by atoms with Crippen molar-refractivity contribution in [3.8, 4) is 5.75 Å². The standard InChI is InChI=1S/C32H45N7O3S2/c1-4-44(40,41)27-13-11-26(12-14-27)43-32-34-30(33-28-21-22(2)36-37-28)29(42-3)31(35-32)38-18-15-23(16-19-38)17-20-39-24-7-5-8-25(39)10-6-9-24/h11-14,21,23-25H,4-10,15-20H2,1-3H3,(H2,33,34,35,36,37). The maximum absolute atomic E-state index is 12.3. The second-order valence-electron chi connectivity index (χ2n) is 12.4. The van der Waals surface area contributed by atoms with Gasteiger partial charge in [0.25, 0.3) is 0 Å². The van der Waals surface area contributed by atoms with Gasteiger partial charge in [-0.3, -0.25) is 10.00 Å². The summed E-state index contributed by atoms with van der Waals surface area (Å²) in [7, 11) is -1.61. The lowest BCUT2D eigenvalue weighted by atomic mass is 9.83. The number of benzene rings is 1. The van der Waals surface area contributed by atoms with E-state index in [1.165, 1.54) is 63.3 Å². The Kier molecular flexibility index (Phi) is 9.68. The molecule has 10 nitrogen and oxygen atoms in total. The number of rotatable bonds is 11. The average Bonchev–Trinajstić information content (AvgIpc) is 3.44. The van der Waals surface area contributed by atoms with Gasteiger partial charge < -0.3 is 15.0 Å². The first-order valence-corrected chi connectivity index (χ1v) is 18.6. The second kappa shape index (κ2) is 13.7. The van der Waals surface area contributed by atoms with Crippen molar-refractivity contribution in [2.45, 2.75) is 98.7 Å². The number of nitrogens with zero attached hydrogens (tertiary/aromatic N) is 5. The molecule has 0 atom stereocenters. The van der Waals surface area contributed by atoms with E-state index >= 15 is 0 Å². The number of anilines is 3. The summed E-state index contributed by atoms with van der Waals surface area (Å²) < 4.78 is 30.5. The number of ether oxygens (including phenoxy) is 1. The first kappa shape index (κ1) is 31.2. The number of piperidine rings is 3. The zero-order chi connectivity index (χ0) is 30.7. The van der Waals surface area contributed by atoms with Crippen molar-refractivity contribution in [3.05, 3.63) is 36.0 Å². The highest BCUT2D eigenvalue weighted by Gasteiger charge is 2.34. The van der Waals surface area contributed by atoms with Gasteiger partial charge in [-0.2, -0.15) is 5.10 Å². The molecule has 0 unspecified atom stereocenters. The molecule has 2 aromatic heterocycles. The molecule has 0 aliphatic carbocycles. The zero-order valence-electron chi connectivity index (χ0n) is 26.1. The van der Waals surface area contributed by atoms with E-state index in [9.17, 15) is 8.42 Å². The number of hydrogen-bond acceptors (Lipinski definition) is 10. The van der Waals surface area contributed by atoms with E-state index < -0.39 is 9.84 Å². The Balaban J connectivity index is 1.19. The molecular weight excluding hydrogens is 595 g/mol. The van der Waals surface area contributed by atoms with E-state index in [1.807, 2.05) is 25.1 Å². The van der Waals surface area contributed by atoms with E-state index in [0.717, 1.165) is 60.3 Å². The number of fused-ring (bicyclic) bond motifs is 2. The minimum absolute atomic E-state index is 0.0715. The quantitative estimate of drug-likeness (QED) is 0.234. The fourth-order valence-corrected chi connectivity index (χ4v) is 8.74. The lowest BCUT2D eigenvalue weighted by Gasteiger charge is -2.47. The largest absolute Gasteiger partial charge is 0.490 e. The van der Waals surface area contributed by atoms with Crippen molar-refractivity contribution in [2.24, 2.45) is 5.92 Å². The summed E-state index contributed by atoms with van der Waals surface area (Å²) in [5.41, 5.74) is 0.938. The summed E-state index contributed by atoms with van der Waals surface area (Å²) in [4.78, 5) is 16.2. The van der Waals surface area contributed by atoms with E-state index in [2.05, 4.69) is 25.3 Å². The van der Waals surface area contributed by atoms with Gasteiger partial charge in [-0.25, -0.2) is 18.4 Å². The van der Waals surface area contributed by atoms with Crippen LogP contribution in [0.25, 0.3) is 0 Å². The molecule has 2 bridgehead atoms. The van der Waals surface area contributed by atoms with Crippen molar-refractivity contribution in [1.29, 1.82) is 0 Å². The van der Waals surface area contributed by atoms with E-state index in [4.69, 9.17) is 14.7 Å². The van der Waals surface area contributed by atoms with E-state index in [0.29, 0.717) is 27.4 Å². The van der Waals surface area contributed by atoms with Gasteiger partial charge in [-0.1, -0.05) is 19.8 Å². The monoisotopic (exact) mass is 639 g/mol. The van der Waals surface area contributed by atoms with Crippen LogP contribution in [0.5, 0.6) is 5.75 Å². The van der Waals surface area contributed by atoms with E-state index in [-0.39, 0.29) is 5.75 Å². The Morgan fingerprint density at radius 3 is 2.30 bits per heavy atom. The molecule has 1 aromatic carbocycles. The van der Waals surface area contributed by atoms with Crippen LogP contribution < -0.4 is 15.0 Å². The Morgan fingerprint density at radius 2 is 1.70 bits per heavy atom. The average molecular weight is 640 g/mol. The molecule has 0 amide bonds. The number of sulfone groups is 1. The molecular formula is C32H45N7O3S2. The highest BCUT2D eigenvalue weighted by Crippen LogP contribution is 2.40. The van der Waals surface area contributed by atoms with Crippen molar-refractivity contribution in [3.63, 3.8) is 0 Å². The van der Waals surface area contributed by atoms with E-state index in [1.54, 1.807) is 26.2 Å². The predicted molar refractivity (Wildman–Crippen MR) is 175 cm³/mol. The smallest absolute Gasteiger partial charge is 0.204 e. The molecule has 44 heavy (non-hydrogen) atoms. The van der Waals surface area contributed by atoms with Crippen LogP contribution in [-0.4, -0.2) is 78.1 Å². The van der Waals surface area contributed by atoms with Gasteiger partial charge in [-0.05, 0) is 100 Å². The molecule has 2 N–H and O–H groups in total. The molecule has 3 aliphatic rings. The van der Waals surface area contributed by atoms with Crippen molar-refractivity contribution in [2.75, 3.05) is 42.7 Å². The van der Waals surface area contributed by atoms with Crippen LogP contribution in [-0.2, 0) is 9.84 Å². The molecule has 0 radical (unpaired) electrons. The number of aromatic amines is 1. The predicted octanol–water partition coefficient (Wildman–Crippen LogP) is 6.22.